The fourth-order valence-electron chi connectivity index (χ4n) is 3.11. The Bertz CT molecular complexity index is 915. The number of amides is 2. The fraction of sp³-hybridized carbons (Fsp3) is 0.550. The molecule has 166 valence electrons. The number of nitrogens with one attached hydrogen (secondary N) is 1. The predicted octanol–water partition coefficient (Wildman–Crippen LogP) is 1.49. The number of hydrogen-bond donors (Lipinski definition) is 2. The molecule has 9 nitrogen and oxygen atoms in total. The van der Waals surface area contributed by atoms with Crippen molar-refractivity contribution in [3.8, 4) is 0 Å². The number of piperidine rings is 1. The van der Waals surface area contributed by atoms with Crippen molar-refractivity contribution in [2.24, 2.45) is 16.5 Å². The summed E-state index contributed by atoms with van der Waals surface area (Å²) < 4.78 is 28.1. The largest absolute Gasteiger partial charge is 0.452 e. The number of nitrogens with zero attached hydrogens (tertiary/aromatic N) is 1. The number of benzene rings is 1. The molecule has 1 unspecified atom stereocenters. The van der Waals surface area contributed by atoms with E-state index in [1.807, 2.05) is 20.8 Å². The summed E-state index contributed by atoms with van der Waals surface area (Å²) in [5.41, 5.74) is -0.246. The molecule has 0 aliphatic carbocycles. The van der Waals surface area contributed by atoms with Gasteiger partial charge in [0.2, 0.25) is 15.9 Å². The topological polar surface area (TPSA) is 136 Å². The summed E-state index contributed by atoms with van der Waals surface area (Å²) in [6, 6.07) is 5.48. The molecule has 30 heavy (non-hydrogen) atoms. The summed E-state index contributed by atoms with van der Waals surface area (Å²) in [5.74, 6) is -1.41. The molecule has 1 aliphatic heterocycles. The first-order chi connectivity index (χ1) is 13.8. The molecule has 0 bridgehead atoms. The number of carbonyl (C=O) groups is 3. The van der Waals surface area contributed by atoms with E-state index in [9.17, 15) is 22.8 Å². The zero-order valence-electron chi connectivity index (χ0n) is 17.7. The minimum absolute atomic E-state index is 0.0452. The van der Waals surface area contributed by atoms with Crippen LogP contribution in [0.1, 0.15) is 40.5 Å². The molecule has 1 atom stereocenters. The third-order valence-electron chi connectivity index (χ3n) is 4.85. The molecule has 1 aromatic carbocycles. The van der Waals surface area contributed by atoms with Crippen LogP contribution in [0.4, 0.5) is 5.69 Å². The van der Waals surface area contributed by atoms with Crippen molar-refractivity contribution in [1.82, 2.24) is 4.90 Å². The number of anilines is 1. The van der Waals surface area contributed by atoms with Gasteiger partial charge in [-0.05, 0) is 38.0 Å². The molecule has 0 spiro atoms. The summed E-state index contributed by atoms with van der Waals surface area (Å²) in [5, 5.41) is 7.59. The van der Waals surface area contributed by atoms with Crippen LogP contribution in [0.15, 0.2) is 29.2 Å². The second-order valence-corrected chi connectivity index (χ2v) is 10.0. The molecule has 1 fully saturated rings. The van der Waals surface area contributed by atoms with Gasteiger partial charge in [-0.3, -0.25) is 14.4 Å². The maximum Gasteiger partial charge on any atom is 0.309 e. The Morgan fingerprint density at radius 3 is 2.33 bits per heavy atom. The Kier molecular flexibility index (Phi) is 7.25. The number of nitrogens with two attached hydrogens (primary N) is 1. The Morgan fingerprint density at radius 1 is 1.20 bits per heavy atom. The van der Waals surface area contributed by atoms with Crippen LogP contribution in [0, 0.1) is 11.3 Å². The first-order valence-electron chi connectivity index (χ1n) is 9.72. The minimum atomic E-state index is -3.90. The smallest absolute Gasteiger partial charge is 0.309 e. The van der Waals surface area contributed by atoms with E-state index in [4.69, 9.17) is 9.88 Å². The molecular weight excluding hydrogens is 410 g/mol. The summed E-state index contributed by atoms with van der Waals surface area (Å²) in [7, 11) is -3.90. The highest BCUT2D eigenvalue weighted by Crippen LogP contribution is 2.24. The second-order valence-electron chi connectivity index (χ2n) is 8.46. The van der Waals surface area contributed by atoms with Gasteiger partial charge in [0.15, 0.2) is 6.10 Å². The third-order valence-corrected chi connectivity index (χ3v) is 5.76. The average molecular weight is 440 g/mol. The van der Waals surface area contributed by atoms with Crippen molar-refractivity contribution in [2.75, 3.05) is 18.4 Å². The summed E-state index contributed by atoms with van der Waals surface area (Å²) >= 11 is 0. The standard InChI is InChI=1S/C20H29N3O6S/c1-13(17(24)22-15-6-5-7-16(12-15)30(21,27)28)29-18(25)14-8-10-23(11-9-14)19(26)20(2,3)4/h5-7,12-14H,8-11H2,1-4H3,(H,22,24)(H2,21,27,28). The van der Waals surface area contributed by atoms with Crippen LogP contribution in [0.5, 0.6) is 0 Å². The molecule has 0 aromatic heterocycles. The second kappa shape index (κ2) is 9.13. The number of primary sulfonamides is 1. The lowest BCUT2D eigenvalue weighted by Gasteiger charge is -2.35. The maximum absolute atomic E-state index is 12.4. The van der Waals surface area contributed by atoms with Crippen molar-refractivity contribution in [2.45, 2.75) is 51.5 Å². The van der Waals surface area contributed by atoms with Crippen molar-refractivity contribution >= 4 is 33.5 Å². The first kappa shape index (κ1) is 23.8. The van der Waals surface area contributed by atoms with Crippen LogP contribution >= 0.6 is 0 Å². The monoisotopic (exact) mass is 439 g/mol. The van der Waals surface area contributed by atoms with E-state index >= 15 is 0 Å². The lowest BCUT2D eigenvalue weighted by atomic mass is 9.91. The van der Waals surface area contributed by atoms with Crippen LogP contribution in [0.25, 0.3) is 0 Å². The molecule has 3 N–H and O–H groups in total. The molecule has 1 aliphatic rings. The lowest BCUT2D eigenvalue weighted by Crippen LogP contribution is -2.45. The van der Waals surface area contributed by atoms with Gasteiger partial charge in [-0.1, -0.05) is 26.8 Å². The normalized spacial score (nSPS) is 16.6. The number of ether oxygens (including phenoxy) is 1. The predicted molar refractivity (Wildman–Crippen MR) is 111 cm³/mol. The van der Waals surface area contributed by atoms with Crippen molar-refractivity contribution in [3.05, 3.63) is 24.3 Å². The van der Waals surface area contributed by atoms with E-state index in [0.717, 1.165) is 0 Å². The minimum Gasteiger partial charge on any atom is -0.452 e. The molecule has 0 saturated carbocycles. The Labute approximate surface area is 177 Å². The van der Waals surface area contributed by atoms with E-state index in [2.05, 4.69) is 5.32 Å². The highest BCUT2D eigenvalue weighted by Gasteiger charge is 2.34. The lowest BCUT2D eigenvalue weighted by molar-refractivity contribution is -0.160. The van der Waals surface area contributed by atoms with E-state index < -0.39 is 33.4 Å². The Hall–Kier alpha value is -2.46. The fourth-order valence-corrected chi connectivity index (χ4v) is 3.67. The van der Waals surface area contributed by atoms with Gasteiger partial charge < -0.3 is 15.0 Å². The molecule has 1 heterocycles. The number of carbonyl (C=O) groups excluding carboxylic acids is 3. The van der Waals surface area contributed by atoms with Gasteiger partial charge >= 0.3 is 5.97 Å². The zero-order chi connectivity index (χ0) is 22.7. The number of esters is 1. The van der Waals surface area contributed by atoms with Gasteiger partial charge in [0.1, 0.15) is 0 Å². The first-order valence-corrected chi connectivity index (χ1v) is 11.3. The number of sulfonamides is 1. The van der Waals surface area contributed by atoms with Gasteiger partial charge in [-0.2, -0.15) is 0 Å². The summed E-state index contributed by atoms with van der Waals surface area (Å²) in [6.07, 6.45) is -0.110. The van der Waals surface area contributed by atoms with Crippen molar-refractivity contribution in [1.29, 1.82) is 0 Å². The molecule has 2 amide bonds. The van der Waals surface area contributed by atoms with Crippen molar-refractivity contribution in [3.63, 3.8) is 0 Å². The summed E-state index contributed by atoms with van der Waals surface area (Å²) in [6.45, 7) is 7.94. The molecule has 1 aromatic rings. The van der Waals surface area contributed by atoms with Crippen LogP contribution in [0.3, 0.4) is 0 Å². The number of likely N-dealkylation sites (tertiary alicyclic amines) is 1. The highest BCUT2D eigenvalue weighted by molar-refractivity contribution is 7.89. The van der Waals surface area contributed by atoms with E-state index in [1.54, 1.807) is 4.90 Å². The van der Waals surface area contributed by atoms with Gasteiger partial charge in [0, 0.05) is 24.2 Å². The number of hydrogen-bond acceptors (Lipinski definition) is 6. The SMILES string of the molecule is CC(OC(=O)C1CCN(C(=O)C(C)(C)C)CC1)C(=O)Nc1cccc(S(N)(=O)=O)c1. The van der Waals surface area contributed by atoms with Gasteiger partial charge in [0.05, 0.1) is 10.8 Å². The van der Waals surface area contributed by atoms with E-state index in [1.165, 1.54) is 31.2 Å². The van der Waals surface area contributed by atoms with Gasteiger partial charge in [-0.25, -0.2) is 13.6 Å². The highest BCUT2D eigenvalue weighted by atomic mass is 32.2. The van der Waals surface area contributed by atoms with Crippen LogP contribution in [-0.2, 0) is 29.1 Å². The molecule has 1 saturated heterocycles. The molecular formula is C20H29N3O6S. The molecule has 10 heteroatoms. The van der Waals surface area contributed by atoms with Gasteiger partial charge in [-0.15, -0.1) is 0 Å². The molecule has 2 rings (SSSR count). The Morgan fingerprint density at radius 2 is 1.80 bits per heavy atom. The van der Waals surface area contributed by atoms with E-state index in [-0.39, 0.29) is 22.4 Å². The Balaban J connectivity index is 1.89. The molecule has 0 radical (unpaired) electrons. The van der Waals surface area contributed by atoms with E-state index in [0.29, 0.717) is 25.9 Å². The van der Waals surface area contributed by atoms with Crippen LogP contribution in [-0.4, -0.2) is 50.3 Å². The number of rotatable bonds is 5. The van der Waals surface area contributed by atoms with Crippen molar-refractivity contribution < 1.29 is 27.5 Å². The average Bonchev–Trinajstić information content (AvgIpc) is 2.66. The van der Waals surface area contributed by atoms with Crippen LogP contribution < -0.4 is 10.5 Å². The third kappa shape index (κ3) is 6.27. The zero-order valence-corrected chi connectivity index (χ0v) is 18.5. The summed E-state index contributed by atoms with van der Waals surface area (Å²) in [4.78, 5) is 38.7. The van der Waals surface area contributed by atoms with Gasteiger partial charge in [0.25, 0.3) is 5.91 Å². The van der Waals surface area contributed by atoms with Crippen LogP contribution in [0.2, 0.25) is 0 Å². The quantitative estimate of drug-likeness (QED) is 0.667. The maximum atomic E-state index is 12.4.